The maximum atomic E-state index is 12.1. The first-order valence-electron chi connectivity index (χ1n) is 8.05. The van der Waals surface area contributed by atoms with Gasteiger partial charge in [0.25, 0.3) is 0 Å². The van der Waals surface area contributed by atoms with Crippen LogP contribution in [0.15, 0.2) is 43.0 Å². The maximum Gasteiger partial charge on any atom is 0.220 e. The van der Waals surface area contributed by atoms with Crippen LogP contribution in [0.4, 0.5) is 0 Å². The Balaban J connectivity index is 1.43. The minimum absolute atomic E-state index is 0.0902. The van der Waals surface area contributed by atoms with Gasteiger partial charge >= 0.3 is 0 Å². The highest BCUT2D eigenvalue weighted by Gasteiger charge is 2.29. The molecule has 0 aliphatic carbocycles. The van der Waals surface area contributed by atoms with Gasteiger partial charge in [0.05, 0.1) is 19.3 Å². The van der Waals surface area contributed by atoms with Crippen molar-refractivity contribution in [2.75, 3.05) is 13.2 Å². The molecule has 0 aromatic carbocycles. The van der Waals surface area contributed by atoms with Crippen LogP contribution < -0.4 is 5.32 Å². The lowest BCUT2D eigenvalue weighted by atomic mass is 9.95. The Hall–Kier alpha value is -2.21. The molecule has 1 fully saturated rings. The number of ether oxygens (including phenoxy) is 1. The van der Waals surface area contributed by atoms with Gasteiger partial charge in [0.1, 0.15) is 0 Å². The minimum atomic E-state index is 0.0902. The van der Waals surface area contributed by atoms with E-state index in [1.54, 1.807) is 18.6 Å². The molecule has 2 aromatic heterocycles. The molecular weight excluding hydrogens is 292 g/mol. The largest absolute Gasteiger partial charge is 0.379 e. The number of aromatic nitrogens is 3. The molecule has 3 rings (SSSR count). The van der Waals surface area contributed by atoms with Crippen LogP contribution in [0.2, 0.25) is 0 Å². The second-order valence-corrected chi connectivity index (χ2v) is 5.90. The fourth-order valence-corrected chi connectivity index (χ4v) is 2.89. The quantitative estimate of drug-likeness (QED) is 0.839. The van der Waals surface area contributed by atoms with E-state index in [-0.39, 0.29) is 11.9 Å². The first-order chi connectivity index (χ1) is 11.3. The molecule has 23 heavy (non-hydrogen) atoms. The number of pyridine rings is 1. The second-order valence-electron chi connectivity index (χ2n) is 5.90. The average molecular weight is 314 g/mol. The molecule has 122 valence electrons. The van der Waals surface area contributed by atoms with E-state index in [1.807, 2.05) is 29.1 Å². The number of amides is 1. The van der Waals surface area contributed by atoms with Crippen molar-refractivity contribution < 1.29 is 9.53 Å². The van der Waals surface area contributed by atoms with E-state index in [4.69, 9.17) is 4.74 Å². The number of carbonyl (C=O) groups excluding carboxylic acids is 1. The fraction of sp³-hybridized carbons (Fsp3) is 0.471. The molecule has 0 radical (unpaired) electrons. The molecule has 6 nitrogen and oxygen atoms in total. The molecule has 0 spiro atoms. The molecule has 1 amide bonds. The van der Waals surface area contributed by atoms with Gasteiger partial charge in [-0.15, -0.1) is 0 Å². The summed E-state index contributed by atoms with van der Waals surface area (Å²) in [5, 5.41) is 7.26. The van der Waals surface area contributed by atoms with Crippen LogP contribution in [0.25, 0.3) is 0 Å². The summed E-state index contributed by atoms with van der Waals surface area (Å²) in [6, 6.07) is 6.02. The summed E-state index contributed by atoms with van der Waals surface area (Å²) in [5.41, 5.74) is 1.23. The van der Waals surface area contributed by atoms with Gasteiger partial charge in [0.2, 0.25) is 5.91 Å². The third kappa shape index (κ3) is 4.63. The van der Waals surface area contributed by atoms with E-state index < -0.39 is 0 Å². The van der Waals surface area contributed by atoms with E-state index in [1.165, 1.54) is 5.56 Å². The number of aryl methyl sites for hydroxylation is 1. The van der Waals surface area contributed by atoms with Gasteiger partial charge in [-0.25, -0.2) is 0 Å². The summed E-state index contributed by atoms with van der Waals surface area (Å²) in [5.74, 6) is 0.417. The Morgan fingerprint density at radius 2 is 2.17 bits per heavy atom. The Bertz CT molecular complexity index is 600. The van der Waals surface area contributed by atoms with Crippen molar-refractivity contribution in [2.24, 2.45) is 5.92 Å². The topological polar surface area (TPSA) is 69.0 Å². The average Bonchev–Trinajstić information content (AvgIpc) is 3.21. The molecule has 3 heterocycles. The molecule has 1 aliphatic rings. The third-order valence-electron chi connectivity index (χ3n) is 4.14. The molecule has 6 heteroatoms. The van der Waals surface area contributed by atoms with Crippen LogP contribution in [0.3, 0.4) is 0 Å². The monoisotopic (exact) mass is 314 g/mol. The molecule has 0 unspecified atom stereocenters. The summed E-state index contributed by atoms with van der Waals surface area (Å²) in [6.45, 7) is 2.06. The van der Waals surface area contributed by atoms with Crippen molar-refractivity contribution >= 4 is 5.91 Å². The molecule has 0 bridgehead atoms. The van der Waals surface area contributed by atoms with Crippen LogP contribution >= 0.6 is 0 Å². The first-order valence-corrected chi connectivity index (χ1v) is 8.05. The molecule has 2 aromatic rings. The number of nitrogens with one attached hydrogen (secondary N) is 1. The number of rotatable bonds is 7. The van der Waals surface area contributed by atoms with Gasteiger partial charge in [-0.05, 0) is 36.6 Å². The van der Waals surface area contributed by atoms with Gasteiger partial charge in [0, 0.05) is 43.7 Å². The number of carbonyl (C=O) groups is 1. The van der Waals surface area contributed by atoms with Crippen molar-refractivity contribution in [3.63, 3.8) is 0 Å². The standard InChI is InChI=1S/C17H22N4O2/c22-17(3-1-9-21-10-2-6-19-21)20-16-13-23-12-15(16)11-14-4-7-18-8-5-14/h2,4-8,10,15-16H,1,3,9,11-13H2,(H,20,22)/t15-,16-/m1/s1. The van der Waals surface area contributed by atoms with Crippen molar-refractivity contribution in [3.8, 4) is 0 Å². The van der Waals surface area contributed by atoms with E-state index >= 15 is 0 Å². The zero-order valence-electron chi connectivity index (χ0n) is 13.1. The zero-order chi connectivity index (χ0) is 15.9. The third-order valence-corrected chi connectivity index (χ3v) is 4.14. The van der Waals surface area contributed by atoms with Crippen molar-refractivity contribution in [2.45, 2.75) is 31.8 Å². The molecule has 1 aliphatic heterocycles. The van der Waals surface area contributed by atoms with E-state index in [0.717, 1.165) is 19.4 Å². The zero-order valence-corrected chi connectivity index (χ0v) is 13.1. The van der Waals surface area contributed by atoms with Gasteiger partial charge in [-0.2, -0.15) is 5.10 Å². The van der Waals surface area contributed by atoms with Crippen molar-refractivity contribution in [3.05, 3.63) is 48.5 Å². The summed E-state index contributed by atoms with van der Waals surface area (Å²) in [6.07, 6.45) is 9.46. The first kappa shape index (κ1) is 15.7. The lowest BCUT2D eigenvalue weighted by molar-refractivity contribution is -0.122. The van der Waals surface area contributed by atoms with Gasteiger partial charge < -0.3 is 10.1 Å². The maximum absolute atomic E-state index is 12.1. The van der Waals surface area contributed by atoms with E-state index in [9.17, 15) is 4.79 Å². The highest BCUT2D eigenvalue weighted by molar-refractivity contribution is 5.76. The smallest absolute Gasteiger partial charge is 0.220 e. The lowest BCUT2D eigenvalue weighted by Gasteiger charge is -2.19. The Kier molecular flexibility index (Phi) is 5.37. The van der Waals surface area contributed by atoms with Crippen LogP contribution in [0.1, 0.15) is 18.4 Å². The molecular formula is C17H22N4O2. The Morgan fingerprint density at radius 3 is 2.96 bits per heavy atom. The Morgan fingerprint density at radius 1 is 1.30 bits per heavy atom. The predicted molar refractivity (Wildman–Crippen MR) is 85.6 cm³/mol. The lowest BCUT2D eigenvalue weighted by Crippen LogP contribution is -2.40. The van der Waals surface area contributed by atoms with Gasteiger partial charge in [-0.3, -0.25) is 14.5 Å². The second kappa shape index (κ2) is 7.87. The van der Waals surface area contributed by atoms with Crippen LogP contribution in [-0.4, -0.2) is 39.9 Å². The summed E-state index contributed by atoms with van der Waals surface area (Å²) >= 11 is 0. The highest BCUT2D eigenvalue weighted by atomic mass is 16.5. The normalized spacial score (nSPS) is 20.5. The van der Waals surface area contributed by atoms with E-state index in [2.05, 4.69) is 15.4 Å². The number of nitrogens with zero attached hydrogens (tertiary/aromatic N) is 3. The minimum Gasteiger partial charge on any atom is -0.379 e. The fourth-order valence-electron chi connectivity index (χ4n) is 2.89. The van der Waals surface area contributed by atoms with Crippen LogP contribution in [-0.2, 0) is 22.5 Å². The van der Waals surface area contributed by atoms with Gasteiger partial charge in [-0.1, -0.05) is 0 Å². The molecule has 2 atom stereocenters. The van der Waals surface area contributed by atoms with Crippen molar-refractivity contribution in [1.82, 2.24) is 20.1 Å². The molecule has 0 saturated carbocycles. The van der Waals surface area contributed by atoms with Crippen LogP contribution in [0.5, 0.6) is 0 Å². The van der Waals surface area contributed by atoms with E-state index in [0.29, 0.717) is 25.6 Å². The highest BCUT2D eigenvalue weighted by Crippen LogP contribution is 2.19. The summed E-state index contributed by atoms with van der Waals surface area (Å²) < 4.78 is 7.41. The van der Waals surface area contributed by atoms with Crippen LogP contribution in [0, 0.1) is 5.92 Å². The Labute approximate surface area is 135 Å². The number of hydrogen-bond acceptors (Lipinski definition) is 4. The molecule has 1 saturated heterocycles. The summed E-state index contributed by atoms with van der Waals surface area (Å²) in [4.78, 5) is 16.2. The molecule has 1 N–H and O–H groups in total. The number of hydrogen-bond donors (Lipinski definition) is 1. The SMILES string of the molecule is O=C(CCCn1cccn1)N[C@@H]1COC[C@H]1Cc1ccncc1. The summed E-state index contributed by atoms with van der Waals surface area (Å²) in [7, 11) is 0. The van der Waals surface area contributed by atoms with Gasteiger partial charge in [0.15, 0.2) is 0 Å². The van der Waals surface area contributed by atoms with Crippen molar-refractivity contribution in [1.29, 1.82) is 0 Å². The predicted octanol–water partition coefficient (Wildman–Crippen LogP) is 1.43.